The van der Waals surface area contributed by atoms with Gasteiger partial charge in [-0.05, 0) is 44.4 Å². The molecule has 1 fully saturated rings. The number of hydrogen-bond donors (Lipinski definition) is 2. The van der Waals surface area contributed by atoms with Gasteiger partial charge in [-0.1, -0.05) is 25.5 Å². The van der Waals surface area contributed by atoms with E-state index in [0.717, 1.165) is 37.8 Å². The molecule has 106 valence electrons. The van der Waals surface area contributed by atoms with Crippen LogP contribution in [0.3, 0.4) is 0 Å². The number of carbonyl (C=O) groups is 1. The summed E-state index contributed by atoms with van der Waals surface area (Å²) in [5, 5.41) is 15.5. The Morgan fingerprint density at radius 2 is 2.35 bits per heavy atom. The predicted octanol–water partition coefficient (Wildman–Crippen LogP) is 2.73. The first-order valence-electron chi connectivity index (χ1n) is 7.19. The lowest BCUT2D eigenvalue weighted by Gasteiger charge is -2.28. The van der Waals surface area contributed by atoms with Gasteiger partial charge in [0.2, 0.25) is 5.91 Å². The molecular formula is C16H21N3O. The fourth-order valence-corrected chi connectivity index (χ4v) is 2.92. The van der Waals surface area contributed by atoms with E-state index in [2.05, 4.69) is 23.6 Å². The lowest BCUT2D eigenvalue weighted by molar-refractivity contribution is -0.122. The molecule has 1 aliphatic heterocycles. The van der Waals surface area contributed by atoms with Crippen LogP contribution in [-0.2, 0) is 4.79 Å². The van der Waals surface area contributed by atoms with E-state index >= 15 is 0 Å². The van der Waals surface area contributed by atoms with Crippen molar-refractivity contribution in [3.8, 4) is 6.07 Å². The molecule has 1 aromatic rings. The van der Waals surface area contributed by atoms with Gasteiger partial charge in [0.1, 0.15) is 6.07 Å². The number of nitrogens with one attached hydrogen (secondary N) is 2. The van der Waals surface area contributed by atoms with E-state index < -0.39 is 5.54 Å². The third kappa shape index (κ3) is 2.68. The molecule has 1 atom stereocenters. The molecule has 1 aliphatic rings. The van der Waals surface area contributed by atoms with Crippen LogP contribution in [0.2, 0.25) is 0 Å². The van der Waals surface area contributed by atoms with E-state index in [1.807, 2.05) is 19.1 Å². The van der Waals surface area contributed by atoms with E-state index in [0.29, 0.717) is 11.3 Å². The van der Waals surface area contributed by atoms with E-state index in [4.69, 9.17) is 0 Å². The van der Waals surface area contributed by atoms with Crippen LogP contribution in [0.25, 0.3) is 0 Å². The second-order valence-corrected chi connectivity index (χ2v) is 5.43. The summed E-state index contributed by atoms with van der Waals surface area (Å²) in [5.41, 5.74) is 1.58. The fraction of sp³-hybridized carbons (Fsp3) is 0.500. The lowest BCUT2D eigenvalue weighted by Crippen LogP contribution is -2.50. The molecule has 0 aromatic heterocycles. The lowest BCUT2D eigenvalue weighted by atomic mass is 9.90. The topological polar surface area (TPSA) is 64.9 Å². The molecule has 0 spiro atoms. The zero-order valence-electron chi connectivity index (χ0n) is 12.1. The van der Waals surface area contributed by atoms with Gasteiger partial charge in [0.15, 0.2) is 0 Å². The largest absolute Gasteiger partial charge is 0.323 e. The van der Waals surface area contributed by atoms with Gasteiger partial charge in [-0.25, -0.2) is 0 Å². The van der Waals surface area contributed by atoms with Gasteiger partial charge in [0.05, 0.1) is 16.8 Å². The molecular weight excluding hydrogens is 250 g/mol. The molecule has 0 radical (unpaired) electrons. The van der Waals surface area contributed by atoms with E-state index in [-0.39, 0.29) is 5.91 Å². The molecule has 1 aromatic carbocycles. The van der Waals surface area contributed by atoms with Gasteiger partial charge in [-0.3, -0.25) is 4.79 Å². The summed E-state index contributed by atoms with van der Waals surface area (Å²) >= 11 is 0. The van der Waals surface area contributed by atoms with Gasteiger partial charge in [-0.2, -0.15) is 5.26 Å². The molecule has 1 heterocycles. The van der Waals surface area contributed by atoms with Crippen LogP contribution in [0.4, 0.5) is 5.69 Å². The standard InChI is InChI=1S/C16H21N3O/c1-3-8-16(9-5-10-18-16)15(20)19-14-7-4-6-12(2)13(14)11-17/h4,6-7,18H,3,5,8-10H2,1-2H3,(H,19,20). The molecule has 1 saturated heterocycles. The van der Waals surface area contributed by atoms with Crippen molar-refractivity contribution in [1.82, 2.24) is 5.32 Å². The Morgan fingerprint density at radius 3 is 2.95 bits per heavy atom. The minimum Gasteiger partial charge on any atom is -0.323 e. The molecule has 0 aliphatic carbocycles. The summed E-state index contributed by atoms with van der Waals surface area (Å²) in [5.74, 6) is -0.0149. The van der Waals surface area contributed by atoms with Gasteiger partial charge >= 0.3 is 0 Å². The highest BCUT2D eigenvalue weighted by atomic mass is 16.2. The van der Waals surface area contributed by atoms with Gasteiger partial charge in [0, 0.05) is 0 Å². The Morgan fingerprint density at radius 1 is 1.55 bits per heavy atom. The minimum absolute atomic E-state index is 0.0149. The summed E-state index contributed by atoms with van der Waals surface area (Å²) in [4.78, 5) is 12.6. The maximum absolute atomic E-state index is 12.6. The van der Waals surface area contributed by atoms with Crippen molar-refractivity contribution in [2.24, 2.45) is 0 Å². The predicted molar refractivity (Wildman–Crippen MR) is 79.4 cm³/mol. The van der Waals surface area contributed by atoms with Crippen molar-refractivity contribution in [2.75, 3.05) is 11.9 Å². The van der Waals surface area contributed by atoms with Crippen molar-refractivity contribution >= 4 is 11.6 Å². The zero-order chi connectivity index (χ0) is 14.6. The molecule has 4 heteroatoms. The highest BCUT2D eigenvalue weighted by Crippen LogP contribution is 2.27. The molecule has 1 unspecified atom stereocenters. The Bertz CT molecular complexity index is 539. The second kappa shape index (κ2) is 6.06. The van der Waals surface area contributed by atoms with Crippen molar-refractivity contribution in [3.63, 3.8) is 0 Å². The minimum atomic E-state index is -0.467. The highest BCUT2D eigenvalue weighted by Gasteiger charge is 2.40. The van der Waals surface area contributed by atoms with Crippen molar-refractivity contribution in [3.05, 3.63) is 29.3 Å². The zero-order valence-corrected chi connectivity index (χ0v) is 12.1. The first-order valence-corrected chi connectivity index (χ1v) is 7.19. The number of aryl methyl sites for hydroxylation is 1. The average molecular weight is 271 g/mol. The molecule has 4 nitrogen and oxygen atoms in total. The van der Waals surface area contributed by atoms with E-state index in [9.17, 15) is 10.1 Å². The first-order chi connectivity index (χ1) is 9.63. The third-order valence-corrected chi connectivity index (χ3v) is 3.99. The van der Waals surface area contributed by atoms with Gasteiger partial charge < -0.3 is 10.6 Å². The van der Waals surface area contributed by atoms with E-state index in [1.165, 1.54) is 0 Å². The number of hydrogen-bond acceptors (Lipinski definition) is 3. The Balaban J connectivity index is 2.23. The summed E-state index contributed by atoms with van der Waals surface area (Å²) in [6, 6.07) is 7.70. The van der Waals surface area contributed by atoms with Gasteiger partial charge in [0.25, 0.3) is 0 Å². The highest BCUT2D eigenvalue weighted by molar-refractivity contribution is 5.99. The maximum atomic E-state index is 12.6. The number of amides is 1. The van der Waals surface area contributed by atoms with E-state index in [1.54, 1.807) is 6.07 Å². The number of benzene rings is 1. The van der Waals surface area contributed by atoms with Crippen molar-refractivity contribution in [1.29, 1.82) is 5.26 Å². The first kappa shape index (κ1) is 14.5. The number of anilines is 1. The summed E-state index contributed by atoms with van der Waals surface area (Å²) in [7, 11) is 0. The van der Waals surface area contributed by atoms with Crippen molar-refractivity contribution < 1.29 is 4.79 Å². The Labute approximate surface area is 120 Å². The van der Waals surface area contributed by atoms with Crippen LogP contribution in [0, 0.1) is 18.3 Å². The second-order valence-electron chi connectivity index (χ2n) is 5.43. The molecule has 0 saturated carbocycles. The summed E-state index contributed by atoms with van der Waals surface area (Å²) < 4.78 is 0. The number of nitrogens with zero attached hydrogens (tertiary/aromatic N) is 1. The number of carbonyl (C=O) groups excluding carboxylic acids is 1. The van der Waals surface area contributed by atoms with Crippen LogP contribution < -0.4 is 10.6 Å². The number of rotatable bonds is 4. The smallest absolute Gasteiger partial charge is 0.244 e. The van der Waals surface area contributed by atoms with Gasteiger partial charge in [-0.15, -0.1) is 0 Å². The molecule has 2 rings (SSSR count). The third-order valence-electron chi connectivity index (χ3n) is 3.99. The van der Waals surface area contributed by atoms with Crippen molar-refractivity contribution in [2.45, 2.75) is 45.1 Å². The fourth-order valence-electron chi connectivity index (χ4n) is 2.92. The molecule has 0 bridgehead atoms. The van der Waals surface area contributed by atoms with Crippen LogP contribution in [0.1, 0.15) is 43.7 Å². The Hall–Kier alpha value is -1.86. The van der Waals surface area contributed by atoms with Crippen LogP contribution in [0.15, 0.2) is 18.2 Å². The van der Waals surface area contributed by atoms with Crippen LogP contribution in [0.5, 0.6) is 0 Å². The van der Waals surface area contributed by atoms with Crippen LogP contribution >= 0.6 is 0 Å². The number of nitriles is 1. The normalized spacial score (nSPS) is 21.4. The quantitative estimate of drug-likeness (QED) is 0.885. The summed E-state index contributed by atoms with van der Waals surface area (Å²) in [6.45, 7) is 4.85. The summed E-state index contributed by atoms with van der Waals surface area (Å²) in [6.07, 6.45) is 3.67. The Kier molecular flexibility index (Phi) is 4.41. The average Bonchev–Trinajstić information content (AvgIpc) is 2.89. The molecule has 2 N–H and O–H groups in total. The monoisotopic (exact) mass is 271 g/mol. The SMILES string of the molecule is CCCC1(C(=O)Nc2cccc(C)c2C#N)CCCN1. The molecule has 20 heavy (non-hydrogen) atoms. The maximum Gasteiger partial charge on any atom is 0.244 e. The molecule has 1 amide bonds. The van der Waals surface area contributed by atoms with Crippen LogP contribution in [-0.4, -0.2) is 18.0 Å².